The van der Waals surface area contributed by atoms with E-state index in [0.717, 1.165) is 12.8 Å². The second-order valence-corrected chi connectivity index (χ2v) is 4.94. The maximum absolute atomic E-state index is 11.9. The fraction of sp³-hybridized carbons (Fsp3) is 0.923. The predicted molar refractivity (Wildman–Crippen MR) is 69.4 cm³/mol. The highest BCUT2D eigenvalue weighted by atomic mass is 16.2. The molecule has 0 aromatic heterocycles. The standard InChI is InChI=1S/C13H28N2O/c1-7-12(8-2)15-13(16)11(6)14-10(5)9(3)4/h9-12,14H,7-8H2,1-6H3,(H,15,16). The molecule has 0 saturated carbocycles. The summed E-state index contributed by atoms with van der Waals surface area (Å²) in [6.45, 7) is 12.6. The van der Waals surface area contributed by atoms with Crippen molar-refractivity contribution in [2.45, 2.75) is 72.5 Å². The summed E-state index contributed by atoms with van der Waals surface area (Å²) in [6.07, 6.45) is 1.99. The Morgan fingerprint density at radius 2 is 1.56 bits per heavy atom. The fourth-order valence-corrected chi connectivity index (χ4v) is 1.48. The Labute approximate surface area is 100 Å². The van der Waals surface area contributed by atoms with Crippen LogP contribution in [-0.2, 0) is 4.79 Å². The molecule has 2 N–H and O–H groups in total. The van der Waals surface area contributed by atoms with E-state index in [-0.39, 0.29) is 11.9 Å². The number of nitrogens with one attached hydrogen (secondary N) is 2. The van der Waals surface area contributed by atoms with Gasteiger partial charge in [-0.25, -0.2) is 0 Å². The molecule has 16 heavy (non-hydrogen) atoms. The van der Waals surface area contributed by atoms with Crippen molar-refractivity contribution in [1.29, 1.82) is 0 Å². The second-order valence-electron chi connectivity index (χ2n) is 4.94. The smallest absolute Gasteiger partial charge is 0.237 e. The molecule has 0 radical (unpaired) electrons. The summed E-state index contributed by atoms with van der Waals surface area (Å²) in [5.74, 6) is 0.657. The SMILES string of the molecule is CCC(CC)NC(=O)C(C)NC(C)C(C)C. The number of hydrogen-bond acceptors (Lipinski definition) is 2. The van der Waals surface area contributed by atoms with E-state index < -0.39 is 0 Å². The molecule has 0 heterocycles. The van der Waals surface area contributed by atoms with Crippen molar-refractivity contribution >= 4 is 5.91 Å². The Morgan fingerprint density at radius 3 is 1.94 bits per heavy atom. The lowest BCUT2D eigenvalue weighted by Crippen LogP contribution is -2.49. The van der Waals surface area contributed by atoms with Crippen molar-refractivity contribution in [3.8, 4) is 0 Å². The number of carbonyl (C=O) groups excluding carboxylic acids is 1. The summed E-state index contributed by atoms with van der Waals surface area (Å²) in [6, 6.07) is 0.562. The minimum atomic E-state index is -0.113. The van der Waals surface area contributed by atoms with Crippen molar-refractivity contribution in [2.75, 3.05) is 0 Å². The van der Waals surface area contributed by atoms with Crippen LogP contribution in [0.1, 0.15) is 54.4 Å². The maximum Gasteiger partial charge on any atom is 0.237 e. The molecule has 0 fully saturated rings. The van der Waals surface area contributed by atoms with E-state index >= 15 is 0 Å². The quantitative estimate of drug-likeness (QED) is 0.702. The van der Waals surface area contributed by atoms with Crippen LogP contribution in [-0.4, -0.2) is 24.0 Å². The molecule has 0 aromatic rings. The molecule has 0 aromatic carbocycles. The molecule has 0 aliphatic rings. The molecule has 2 atom stereocenters. The number of rotatable bonds is 7. The van der Waals surface area contributed by atoms with E-state index in [1.165, 1.54) is 0 Å². The second kappa shape index (κ2) is 7.66. The molecule has 0 aliphatic carbocycles. The molecular formula is C13H28N2O. The Kier molecular flexibility index (Phi) is 7.39. The lowest BCUT2D eigenvalue weighted by Gasteiger charge is -2.24. The lowest BCUT2D eigenvalue weighted by atomic mass is 10.1. The minimum absolute atomic E-state index is 0.112. The number of carbonyl (C=O) groups is 1. The third-order valence-corrected chi connectivity index (χ3v) is 3.24. The highest BCUT2D eigenvalue weighted by Crippen LogP contribution is 2.02. The van der Waals surface area contributed by atoms with Gasteiger partial charge >= 0.3 is 0 Å². The first-order valence-electron chi connectivity index (χ1n) is 6.48. The number of hydrogen-bond donors (Lipinski definition) is 2. The van der Waals surface area contributed by atoms with Gasteiger partial charge in [0.1, 0.15) is 0 Å². The van der Waals surface area contributed by atoms with E-state index in [2.05, 4.69) is 45.3 Å². The molecule has 0 aliphatic heterocycles. The van der Waals surface area contributed by atoms with Gasteiger partial charge in [0.25, 0.3) is 0 Å². The zero-order valence-electron chi connectivity index (χ0n) is 11.6. The summed E-state index contributed by atoms with van der Waals surface area (Å²) in [5, 5.41) is 6.38. The van der Waals surface area contributed by atoms with Gasteiger partial charge in [-0.05, 0) is 32.6 Å². The average Bonchev–Trinajstić information content (AvgIpc) is 2.24. The van der Waals surface area contributed by atoms with Gasteiger partial charge in [0.05, 0.1) is 6.04 Å². The average molecular weight is 228 g/mol. The number of amides is 1. The topological polar surface area (TPSA) is 41.1 Å². The van der Waals surface area contributed by atoms with Gasteiger partial charge in [-0.3, -0.25) is 4.79 Å². The van der Waals surface area contributed by atoms with Crippen molar-refractivity contribution in [3.05, 3.63) is 0 Å². The minimum Gasteiger partial charge on any atom is -0.352 e. The Bertz CT molecular complexity index is 200. The first-order valence-corrected chi connectivity index (χ1v) is 6.48. The van der Waals surface area contributed by atoms with Gasteiger partial charge in [-0.1, -0.05) is 27.7 Å². The molecule has 0 bridgehead atoms. The predicted octanol–water partition coefficient (Wildman–Crippen LogP) is 2.31. The Morgan fingerprint density at radius 1 is 1.06 bits per heavy atom. The van der Waals surface area contributed by atoms with Crippen LogP contribution in [0, 0.1) is 5.92 Å². The van der Waals surface area contributed by atoms with E-state index in [1.54, 1.807) is 0 Å². The highest BCUT2D eigenvalue weighted by Gasteiger charge is 2.18. The van der Waals surface area contributed by atoms with Crippen molar-refractivity contribution in [2.24, 2.45) is 5.92 Å². The van der Waals surface area contributed by atoms with E-state index in [1.807, 2.05) is 6.92 Å². The van der Waals surface area contributed by atoms with Gasteiger partial charge in [0.2, 0.25) is 5.91 Å². The largest absolute Gasteiger partial charge is 0.352 e. The van der Waals surface area contributed by atoms with Gasteiger partial charge in [-0.15, -0.1) is 0 Å². The lowest BCUT2D eigenvalue weighted by molar-refractivity contribution is -0.123. The maximum atomic E-state index is 11.9. The molecule has 96 valence electrons. The van der Waals surface area contributed by atoms with Crippen LogP contribution in [0.5, 0.6) is 0 Å². The molecule has 0 saturated heterocycles. The van der Waals surface area contributed by atoms with Crippen molar-refractivity contribution < 1.29 is 4.79 Å². The van der Waals surface area contributed by atoms with Gasteiger partial charge < -0.3 is 10.6 Å². The zero-order valence-corrected chi connectivity index (χ0v) is 11.6. The molecular weight excluding hydrogens is 200 g/mol. The third kappa shape index (κ3) is 5.50. The zero-order chi connectivity index (χ0) is 12.7. The van der Waals surface area contributed by atoms with Crippen molar-refractivity contribution in [3.63, 3.8) is 0 Å². The van der Waals surface area contributed by atoms with Crippen LogP contribution in [0.4, 0.5) is 0 Å². The van der Waals surface area contributed by atoms with E-state index in [4.69, 9.17) is 0 Å². The monoisotopic (exact) mass is 228 g/mol. The first-order chi connectivity index (χ1) is 7.42. The van der Waals surface area contributed by atoms with Crippen LogP contribution >= 0.6 is 0 Å². The van der Waals surface area contributed by atoms with Gasteiger partial charge in [0.15, 0.2) is 0 Å². The van der Waals surface area contributed by atoms with Crippen molar-refractivity contribution in [1.82, 2.24) is 10.6 Å². The molecule has 3 heteroatoms. The van der Waals surface area contributed by atoms with Crippen LogP contribution in [0.3, 0.4) is 0 Å². The Hall–Kier alpha value is -0.570. The van der Waals surface area contributed by atoms with Crippen LogP contribution in [0.25, 0.3) is 0 Å². The van der Waals surface area contributed by atoms with Gasteiger partial charge in [-0.2, -0.15) is 0 Å². The van der Waals surface area contributed by atoms with E-state index in [9.17, 15) is 4.79 Å². The summed E-state index contributed by atoms with van der Waals surface area (Å²) < 4.78 is 0. The fourth-order valence-electron chi connectivity index (χ4n) is 1.48. The summed E-state index contributed by atoms with van der Waals surface area (Å²) >= 11 is 0. The molecule has 0 spiro atoms. The molecule has 2 unspecified atom stereocenters. The van der Waals surface area contributed by atoms with Crippen LogP contribution in [0.2, 0.25) is 0 Å². The summed E-state index contributed by atoms with van der Waals surface area (Å²) in [5.41, 5.74) is 0. The summed E-state index contributed by atoms with van der Waals surface area (Å²) in [7, 11) is 0. The molecule has 1 amide bonds. The normalized spacial score (nSPS) is 15.2. The molecule has 3 nitrogen and oxygen atoms in total. The third-order valence-electron chi connectivity index (χ3n) is 3.24. The Balaban J connectivity index is 4.08. The van der Waals surface area contributed by atoms with Gasteiger partial charge in [0, 0.05) is 12.1 Å². The first kappa shape index (κ1) is 15.4. The van der Waals surface area contributed by atoms with Crippen LogP contribution < -0.4 is 10.6 Å². The van der Waals surface area contributed by atoms with Crippen LogP contribution in [0.15, 0.2) is 0 Å². The summed E-state index contributed by atoms with van der Waals surface area (Å²) in [4.78, 5) is 11.9. The highest BCUT2D eigenvalue weighted by molar-refractivity contribution is 5.81. The molecule has 0 rings (SSSR count). The van der Waals surface area contributed by atoms with E-state index in [0.29, 0.717) is 18.0 Å².